The molecule has 0 aliphatic heterocycles. The second-order valence-electron chi connectivity index (χ2n) is 1.47. The second kappa shape index (κ2) is 12.7. The molecule has 2 nitrogen and oxygen atoms in total. The third-order valence-corrected chi connectivity index (χ3v) is 0.813. The number of aryl methyl sites for hydroxylation is 1. The number of halogens is 1. The summed E-state index contributed by atoms with van der Waals surface area (Å²) in [7, 11) is 4.61. The quantitative estimate of drug-likeness (QED) is 0.660. The molecule has 1 aromatic heterocycles. The fourth-order valence-corrected chi connectivity index (χ4v) is 0.448. The van der Waals surface area contributed by atoms with E-state index in [1.54, 1.807) is 25.0 Å². The Hall–Kier alpha value is 0.0883. The van der Waals surface area contributed by atoms with E-state index in [9.17, 15) is 0 Å². The van der Waals surface area contributed by atoms with Crippen molar-refractivity contribution in [1.29, 1.82) is 0 Å². The third-order valence-electron chi connectivity index (χ3n) is 0.813. The molecule has 69 valence electrons. The van der Waals surface area contributed by atoms with Crippen LogP contribution in [0.5, 0.6) is 0 Å². The van der Waals surface area contributed by atoms with Crippen molar-refractivity contribution in [2.45, 2.75) is 6.92 Å². The summed E-state index contributed by atoms with van der Waals surface area (Å²) in [6, 6.07) is 5.86. The summed E-state index contributed by atoms with van der Waals surface area (Å²) in [6.45, 7) is 1.97. The van der Waals surface area contributed by atoms with Gasteiger partial charge in [0.15, 0.2) is 0 Å². The van der Waals surface area contributed by atoms with Gasteiger partial charge in [-0.3, -0.25) is 4.98 Å². The van der Waals surface area contributed by atoms with Gasteiger partial charge in [0.25, 0.3) is 0 Å². The standard InChI is InChI=1S/C6H7N.CH3.ClH.H2N.Pt/c1-6-4-2-3-5-7-6;;;;/h2-5H,1H3;1H3;1H;1H2;/q;-1;;-1;+1/p-1. The van der Waals surface area contributed by atoms with Crippen LogP contribution in [0.25, 0.3) is 6.15 Å². The molecule has 1 rings (SSSR count). The predicted octanol–water partition coefficient (Wildman–Crippen LogP) is 3.24. The third kappa shape index (κ3) is 10.1. The summed E-state index contributed by atoms with van der Waals surface area (Å²) in [5.74, 6) is 0. The zero-order chi connectivity index (χ0) is 7.11. The van der Waals surface area contributed by atoms with Crippen LogP contribution in [0, 0.1) is 14.4 Å². The number of aromatic nitrogens is 1. The van der Waals surface area contributed by atoms with Crippen LogP contribution in [-0.2, 0) is 18.8 Å². The van der Waals surface area contributed by atoms with Crippen LogP contribution >= 0.6 is 9.42 Å². The van der Waals surface area contributed by atoms with Crippen molar-refractivity contribution in [2.24, 2.45) is 0 Å². The van der Waals surface area contributed by atoms with E-state index in [0.717, 1.165) is 5.69 Å². The summed E-state index contributed by atoms with van der Waals surface area (Å²) in [5, 5.41) is 0. The van der Waals surface area contributed by atoms with Crippen molar-refractivity contribution < 1.29 is 18.8 Å². The smallest absolute Gasteiger partial charge is 0.693 e. The Morgan fingerprint density at radius 1 is 1.36 bits per heavy atom. The minimum absolute atomic E-state index is 0. The first-order valence-electron chi connectivity index (χ1n) is 2.39. The molecule has 0 saturated carbocycles. The number of nitrogens with zero attached hydrogens (tertiary/aromatic N) is 1. The second-order valence-corrected chi connectivity index (χ2v) is 1.47. The maximum absolute atomic E-state index is 4.61. The molecule has 0 aromatic carbocycles. The van der Waals surface area contributed by atoms with E-state index in [2.05, 4.69) is 14.4 Å². The summed E-state index contributed by atoms with van der Waals surface area (Å²) in [5.41, 5.74) is 1.07. The average molecular weight is 355 g/mol. The molecule has 0 spiro atoms. The molecule has 11 heavy (non-hydrogen) atoms. The topological polar surface area (TPSA) is 46.4 Å². The maximum atomic E-state index is 4.61. The normalized spacial score (nSPS) is 6.18. The van der Waals surface area contributed by atoms with Gasteiger partial charge in [-0.1, -0.05) is 6.07 Å². The van der Waals surface area contributed by atoms with Crippen molar-refractivity contribution in [2.75, 3.05) is 0 Å². The van der Waals surface area contributed by atoms with Crippen LogP contribution in [0.15, 0.2) is 24.4 Å². The van der Waals surface area contributed by atoms with Crippen molar-refractivity contribution in [3.63, 3.8) is 0 Å². The van der Waals surface area contributed by atoms with Crippen molar-refractivity contribution in [1.82, 2.24) is 4.98 Å². The Balaban J connectivity index is -0.000000149. The molecule has 0 saturated heterocycles. The Morgan fingerprint density at radius 3 is 2.09 bits per heavy atom. The first-order chi connectivity index (χ1) is 4.39. The summed E-state index contributed by atoms with van der Waals surface area (Å²) in [4.78, 5) is 3.98. The summed E-state index contributed by atoms with van der Waals surface area (Å²) in [6.07, 6.45) is 1.79. The van der Waals surface area contributed by atoms with Gasteiger partial charge in [0.05, 0.1) is 0 Å². The van der Waals surface area contributed by atoms with Gasteiger partial charge in [0, 0.05) is 11.9 Å². The largest absolute Gasteiger partial charge is 0.693 e. The van der Waals surface area contributed by atoms with E-state index in [0.29, 0.717) is 0 Å². The van der Waals surface area contributed by atoms with E-state index in [1.807, 2.05) is 25.1 Å². The van der Waals surface area contributed by atoms with Gasteiger partial charge in [-0.2, -0.15) is 0 Å². The first-order valence-corrected chi connectivity index (χ1v) is 5.21. The van der Waals surface area contributed by atoms with E-state index in [4.69, 9.17) is 0 Å². The van der Waals surface area contributed by atoms with Crippen LogP contribution in [0.2, 0.25) is 0 Å². The Morgan fingerprint density at radius 2 is 1.91 bits per heavy atom. The molecule has 0 atom stereocenters. The van der Waals surface area contributed by atoms with Crippen molar-refractivity contribution >= 4 is 9.42 Å². The fourth-order valence-electron chi connectivity index (χ4n) is 0.448. The molecule has 4 heteroatoms. The zero-order valence-corrected chi connectivity index (χ0v) is 9.56. The maximum Gasteiger partial charge on any atom is -0.693 e. The van der Waals surface area contributed by atoms with Crippen molar-refractivity contribution in [3.8, 4) is 0 Å². The Kier molecular flexibility index (Phi) is 20.0. The first kappa shape index (κ1) is 17.2. The van der Waals surface area contributed by atoms with Crippen LogP contribution in [0.3, 0.4) is 0 Å². The SMILES string of the molecule is Cc1ccccn1.[CH3-].[Cl][Pt].[NH2-]. The molecule has 0 aliphatic rings. The Bertz CT molecular complexity index is 146. The van der Waals surface area contributed by atoms with Crippen LogP contribution in [0.1, 0.15) is 5.69 Å². The molecule has 0 bridgehead atoms. The van der Waals surface area contributed by atoms with Gasteiger partial charge in [-0.05, 0) is 19.1 Å². The molecule has 1 heterocycles. The molecule has 0 unspecified atom stereocenters. The number of rotatable bonds is 0. The Labute approximate surface area is 83.8 Å². The fraction of sp³-hybridized carbons (Fsp3) is 0.143. The molecule has 0 radical (unpaired) electrons. The van der Waals surface area contributed by atoms with Gasteiger partial charge in [0.2, 0.25) is 0 Å². The molecule has 0 aliphatic carbocycles. The van der Waals surface area contributed by atoms with Gasteiger partial charge in [-0.15, -0.1) is 0 Å². The van der Waals surface area contributed by atoms with E-state index >= 15 is 0 Å². The minimum atomic E-state index is 0. The summed E-state index contributed by atoms with van der Waals surface area (Å²) >= 11 is 1.61. The number of hydrogen-bond acceptors (Lipinski definition) is 1. The molecule has 2 N–H and O–H groups in total. The zero-order valence-electron chi connectivity index (χ0n) is 6.53. The molecule has 0 amide bonds. The van der Waals surface area contributed by atoms with E-state index in [1.165, 1.54) is 0 Å². The predicted molar refractivity (Wildman–Crippen MR) is 46.5 cm³/mol. The molecule has 0 fully saturated rings. The number of nitrogens with two attached hydrogens (primary N) is 1. The van der Waals surface area contributed by atoms with Gasteiger partial charge in [0.1, 0.15) is 0 Å². The monoisotopic (exact) mass is 354 g/mol. The van der Waals surface area contributed by atoms with E-state index < -0.39 is 0 Å². The van der Waals surface area contributed by atoms with Crippen molar-refractivity contribution in [3.05, 3.63) is 43.7 Å². The summed E-state index contributed by atoms with van der Waals surface area (Å²) < 4.78 is 0. The number of pyridine rings is 1. The number of hydrogen-bond donors (Lipinski definition) is 0. The minimum Gasteiger partial charge on any atom is -0.693 e. The average Bonchev–Trinajstić information content (AvgIpc) is 1.94. The van der Waals surface area contributed by atoms with Gasteiger partial charge in [-0.25, -0.2) is 0 Å². The van der Waals surface area contributed by atoms with Crippen LogP contribution in [-0.4, -0.2) is 4.98 Å². The van der Waals surface area contributed by atoms with Gasteiger partial charge >= 0.3 is 28.2 Å². The van der Waals surface area contributed by atoms with E-state index in [-0.39, 0.29) is 13.6 Å². The molecular weight excluding hydrogens is 343 g/mol. The molecule has 1 aromatic rings. The van der Waals surface area contributed by atoms with Crippen LogP contribution in [0.4, 0.5) is 0 Å². The van der Waals surface area contributed by atoms with Gasteiger partial charge < -0.3 is 13.6 Å². The molecular formula is C7H12ClN2Pt-2. The van der Waals surface area contributed by atoms with Crippen LogP contribution < -0.4 is 0 Å².